The van der Waals surface area contributed by atoms with Crippen molar-refractivity contribution >= 4 is 40.6 Å². The summed E-state index contributed by atoms with van der Waals surface area (Å²) in [4.78, 5) is 24.2. The van der Waals surface area contributed by atoms with Gasteiger partial charge in [-0.3, -0.25) is 9.59 Å². The van der Waals surface area contributed by atoms with E-state index in [9.17, 15) is 9.59 Å². The van der Waals surface area contributed by atoms with Crippen LogP contribution < -0.4 is 16.0 Å². The molecule has 3 aromatic carbocycles. The average Bonchev–Trinajstić information content (AvgIpc) is 3.44. The molecule has 9 nitrogen and oxygen atoms in total. The third kappa shape index (κ3) is 7.01. The molecule has 1 aromatic heterocycles. The fourth-order valence-corrected chi connectivity index (χ4v) is 4.86. The number of carbonyl (C=O) groups is 2. The molecule has 0 radical (unpaired) electrons. The Kier molecular flexibility index (Phi) is 8.16. The van der Waals surface area contributed by atoms with Crippen molar-refractivity contribution in [3.05, 3.63) is 90.3 Å². The molecule has 0 atom stereocenters. The number of hydrogen-bond acceptors (Lipinski definition) is 8. The highest BCUT2D eigenvalue weighted by Crippen LogP contribution is 2.37. The number of para-hydroxylation sites is 1. The summed E-state index contributed by atoms with van der Waals surface area (Å²) >= 11 is 0. The van der Waals surface area contributed by atoms with Gasteiger partial charge in [-0.2, -0.15) is 0 Å². The third-order valence-corrected chi connectivity index (χ3v) is 6.99. The number of hydrogen-bond donors (Lipinski definition) is 3. The van der Waals surface area contributed by atoms with Gasteiger partial charge in [0, 0.05) is 29.2 Å². The minimum atomic E-state index is -0.478. The first-order valence-electron chi connectivity index (χ1n) is 13.1. The number of nitrogens with one attached hydrogen (secondary N) is 3. The van der Waals surface area contributed by atoms with E-state index in [-0.39, 0.29) is 17.9 Å². The number of amides is 1. The van der Waals surface area contributed by atoms with Crippen molar-refractivity contribution in [3.63, 3.8) is 0 Å². The van der Waals surface area contributed by atoms with Gasteiger partial charge >= 0.3 is 23.8 Å². The standard InChI is InChI=1S/C30H31N5O4/c1-38-27(36)19-20-7-9-21(10-8-20)22-11-13-25(14-12-22)32-28(37)29-34-35-30(39-29)33-26-17-15-24(16-18-26)31-23-5-3-2-4-6-23/h2-6,11-18,20-21,31H,7-10,19H2,1H3,(H,32,37)(H,33,35). The van der Waals surface area contributed by atoms with Crippen molar-refractivity contribution in [1.29, 1.82) is 0 Å². The van der Waals surface area contributed by atoms with Crippen LogP contribution in [0.3, 0.4) is 0 Å². The van der Waals surface area contributed by atoms with Crippen LogP contribution in [0.25, 0.3) is 0 Å². The maximum atomic E-state index is 12.7. The molecule has 1 aliphatic rings. The lowest BCUT2D eigenvalue weighted by molar-refractivity contribution is -0.142. The quantitative estimate of drug-likeness (QED) is 0.208. The topological polar surface area (TPSA) is 118 Å². The molecular weight excluding hydrogens is 494 g/mol. The molecule has 1 heterocycles. The van der Waals surface area contributed by atoms with Crippen molar-refractivity contribution in [2.24, 2.45) is 5.92 Å². The molecule has 1 fully saturated rings. The Balaban J connectivity index is 1.11. The Hall–Kier alpha value is -4.66. The molecule has 0 saturated heterocycles. The van der Waals surface area contributed by atoms with Crippen molar-refractivity contribution in [2.45, 2.75) is 38.0 Å². The van der Waals surface area contributed by atoms with Gasteiger partial charge in [-0.05, 0) is 91.6 Å². The molecule has 9 heteroatoms. The second kappa shape index (κ2) is 12.3. The summed E-state index contributed by atoms with van der Waals surface area (Å²) in [5, 5.41) is 17.0. The lowest BCUT2D eigenvalue weighted by Crippen LogP contribution is -2.17. The summed E-state index contributed by atoms with van der Waals surface area (Å²) in [7, 11) is 1.44. The third-order valence-electron chi connectivity index (χ3n) is 6.99. The average molecular weight is 526 g/mol. The number of aromatic nitrogens is 2. The predicted molar refractivity (Wildman–Crippen MR) is 149 cm³/mol. The molecule has 0 bridgehead atoms. The second-order valence-electron chi connectivity index (χ2n) is 9.68. The Morgan fingerprint density at radius 2 is 1.41 bits per heavy atom. The first-order valence-corrected chi connectivity index (χ1v) is 13.1. The lowest BCUT2D eigenvalue weighted by Gasteiger charge is -2.28. The monoisotopic (exact) mass is 525 g/mol. The molecule has 3 N–H and O–H groups in total. The smallest absolute Gasteiger partial charge is 0.320 e. The molecule has 39 heavy (non-hydrogen) atoms. The zero-order chi connectivity index (χ0) is 27.0. The van der Waals surface area contributed by atoms with Crippen LogP contribution in [0.4, 0.5) is 28.8 Å². The van der Waals surface area contributed by atoms with E-state index in [1.807, 2.05) is 78.9 Å². The molecule has 0 aliphatic heterocycles. The van der Waals surface area contributed by atoms with E-state index in [2.05, 4.69) is 26.1 Å². The van der Waals surface area contributed by atoms with Gasteiger partial charge in [0.25, 0.3) is 0 Å². The zero-order valence-corrected chi connectivity index (χ0v) is 21.7. The summed E-state index contributed by atoms with van der Waals surface area (Å²) in [6.07, 6.45) is 4.61. The SMILES string of the molecule is COC(=O)CC1CCC(c2ccc(NC(=O)c3nnc(Nc4ccc(Nc5ccccc5)cc4)o3)cc2)CC1. The minimum absolute atomic E-state index is 0.127. The molecule has 4 aromatic rings. The fraction of sp³-hybridized carbons (Fsp3) is 0.267. The number of nitrogens with zero attached hydrogens (tertiary/aromatic N) is 2. The van der Waals surface area contributed by atoms with Crippen molar-refractivity contribution in [3.8, 4) is 0 Å². The molecule has 1 saturated carbocycles. The van der Waals surface area contributed by atoms with Crippen LogP contribution in [-0.4, -0.2) is 29.2 Å². The summed E-state index contributed by atoms with van der Waals surface area (Å²) in [5.74, 6) is 0.115. The van der Waals surface area contributed by atoms with E-state index >= 15 is 0 Å². The Morgan fingerprint density at radius 3 is 2.08 bits per heavy atom. The van der Waals surface area contributed by atoms with Gasteiger partial charge in [0.1, 0.15) is 0 Å². The minimum Gasteiger partial charge on any atom is -0.469 e. The second-order valence-corrected chi connectivity index (χ2v) is 9.68. The van der Waals surface area contributed by atoms with Crippen LogP contribution in [0, 0.1) is 5.92 Å². The van der Waals surface area contributed by atoms with Crippen molar-refractivity contribution < 1.29 is 18.7 Å². The van der Waals surface area contributed by atoms with Gasteiger partial charge in [-0.1, -0.05) is 35.4 Å². The number of rotatable bonds is 9. The van der Waals surface area contributed by atoms with Crippen LogP contribution in [0.5, 0.6) is 0 Å². The van der Waals surface area contributed by atoms with Crippen LogP contribution >= 0.6 is 0 Å². The molecule has 1 amide bonds. The first-order chi connectivity index (χ1) is 19.1. The van der Waals surface area contributed by atoms with Gasteiger partial charge in [-0.15, -0.1) is 5.10 Å². The molecule has 200 valence electrons. The van der Waals surface area contributed by atoms with Crippen LogP contribution in [0.15, 0.2) is 83.3 Å². The number of anilines is 5. The highest BCUT2D eigenvalue weighted by molar-refractivity contribution is 6.00. The normalized spacial score (nSPS) is 16.7. The maximum absolute atomic E-state index is 12.7. The first kappa shape index (κ1) is 26.0. The molecule has 5 rings (SSSR count). The number of carbonyl (C=O) groups excluding carboxylic acids is 2. The van der Waals surface area contributed by atoms with Gasteiger partial charge in [-0.25, -0.2) is 0 Å². The van der Waals surface area contributed by atoms with E-state index in [4.69, 9.17) is 9.15 Å². The zero-order valence-electron chi connectivity index (χ0n) is 21.7. The largest absolute Gasteiger partial charge is 0.469 e. The van der Waals surface area contributed by atoms with E-state index in [0.29, 0.717) is 23.9 Å². The summed E-state index contributed by atoms with van der Waals surface area (Å²) in [6, 6.07) is 25.5. The Morgan fingerprint density at radius 1 is 0.795 bits per heavy atom. The highest BCUT2D eigenvalue weighted by atomic mass is 16.5. The van der Waals surface area contributed by atoms with Crippen molar-refractivity contribution in [2.75, 3.05) is 23.1 Å². The number of esters is 1. The van der Waals surface area contributed by atoms with Gasteiger partial charge in [0.2, 0.25) is 0 Å². The highest BCUT2D eigenvalue weighted by Gasteiger charge is 2.24. The molecule has 0 unspecified atom stereocenters. The van der Waals surface area contributed by atoms with E-state index < -0.39 is 5.91 Å². The van der Waals surface area contributed by atoms with E-state index in [0.717, 1.165) is 42.7 Å². The summed E-state index contributed by atoms with van der Waals surface area (Å²) in [6.45, 7) is 0. The number of methoxy groups -OCH3 is 1. The number of benzene rings is 3. The molecule has 1 aliphatic carbocycles. The summed E-state index contributed by atoms with van der Waals surface area (Å²) < 4.78 is 10.3. The van der Waals surface area contributed by atoms with Crippen molar-refractivity contribution in [1.82, 2.24) is 10.2 Å². The van der Waals surface area contributed by atoms with Crippen LogP contribution in [0.2, 0.25) is 0 Å². The number of ether oxygens (including phenoxy) is 1. The Bertz CT molecular complexity index is 1380. The molecular formula is C30H31N5O4. The van der Waals surface area contributed by atoms with Gasteiger partial charge in [0.15, 0.2) is 0 Å². The Labute approximate surface area is 227 Å². The van der Waals surface area contributed by atoms with E-state index in [1.54, 1.807) is 0 Å². The fourth-order valence-electron chi connectivity index (χ4n) is 4.86. The lowest BCUT2D eigenvalue weighted by atomic mass is 9.77. The van der Waals surface area contributed by atoms with Crippen LogP contribution in [0.1, 0.15) is 54.3 Å². The van der Waals surface area contributed by atoms with E-state index in [1.165, 1.54) is 12.7 Å². The van der Waals surface area contributed by atoms with Crippen LogP contribution in [-0.2, 0) is 9.53 Å². The van der Waals surface area contributed by atoms with Gasteiger partial charge < -0.3 is 25.1 Å². The molecule has 0 spiro atoms. The maximum Gasteiger partial charge on any atom is 0.320 e. The predicted octanol–water partition coefficient (Wildman–Crippen LogP) is 6.65. The van der Waals surface area contributed by atoms with Gasteiger partial charge in [0.05, 0.1) is 7.11 Å². The summed E-state index contributed by atoms with van der Waals surface area (Å²) in [5.41, 5.74) is 4.57.